The van der Waals surface area contributed by atoms with Crippen molar-refractivity contribution in [2.45, 2.75) is 18.8 Å². The number of aryl methyl sites for hydroxylation is 1. The molecule has 0 aliphatic carbocycles. The fourth-order valence-electron chi connectivity index (χ4n) is 2.44. The molecule has 1 saturated heterocycles. The molecule has 19 heavy (non-hydrogen) atoms. The quantitative estimate of drug-likeness (QED) is 0.808. The molecular formula is C12H19N3O4. The number of likely N-dealkylation sites (tertiary alicyclic amines) is 1. The van der Waals surface area contributed by atoms with Crippen molar-refractivity contribution in [3.8, 4) is 0 Å². The van der Waals surface area contributed by atoms with Crippen molar-refractivity contribution < 1.29 is 19.4 Å². The summed E-state index contributed by atoms with van der Waals surface area (Å²) in [5.74, 6) is -0.950. The van der Waals surface area contributed by atoms with Crippen molar-refractivity contribution in [2.75, 3.05) is 27.3 Å². The molecule has 1 aromatic heterocycles. The predicted molar refractivity (Wildman–Crippen MR) is 67.0 cm³/mol. The van der Waals surface area contributed by atoms with E-state index in [-0.39, 0.29) is 17.8 Å². The Morgan fingerprint density at radius 3 is 2.47 bits per heavy atom. The molecule has 2 rings (SSSR count). The number of carboxylic acids is 1. The van der Waals surface area contributed by atoms with Gasteiger partial charge in [0, 0.05) is 40.9 Å². The molecule has 0 saturated carbocycles. The van der Waals surface area contributed by atoms with Gasteiger partial charge in [0.1, 0.15) is 5.56 Å². The topological polar surface area (TPSA) is 76.8 Å². The summed E-state index contributed by atoms with van der Waals surface area (Å²) in [5.41, 5.74) is 0.941. The number of methoxy groups -OCH3 is 2. The van der Waals surface area contributed by atoms with Gasteiger partial charge in [-0.1, -0.05) is 0 Å². The van der Waals surface area contributed by atoms with E-state index in [1.54, 1.807) is 25.9 Å². The highest BCUT2D eigenvalue weighted by atomic mass is 16.5. The van der Waals surface area contributed by atoms with Crippen LogP contribution in [0, 0.1) is 0 Å². The van der Waals surface area contributed by atoms with Crippen LogP contribution < -0.4 is 0 Å². The van der Waals surface area contributed by atoms with Crippen LogP contribution in [-0.2, 0) is 23.1 Å². The number of nitrogens with zero attached hydrogens (tertiary/aromatic N) is 3. The number of aromatic nitrogens is 2. The zero-order chi connectivity index (χ0) is 14.0. The lowest BCUT2D eigenvalue weighted by Crippen LogP contribution is -2.27. The lowest BCUT2D eigenvalue weighted by Gasteiger charge is -2.15. The Balaban J connectivity index is 2.10. The highest BCUT2D eigenvalue weighted by Crippen LogP contribution is 2.19. The van der Waals surface area contributed by atoms with Crippen molar-refractivity contribution in [3.63, 3.8) is 0 Å². The fraction of sp³-hybridized carbons (Fsp3) is 0.667. The smallest absolute Gasteiger partial charge is 0.339 e. The van der Waals surface area contributed by atoms with Gasteiger partial charge in [-0.05, 0) is 0 Å². The number of hydrogen-bond acceptors (Lipinski definition) is 5. The molecule has 2 atom stereocenters. The lowest BCUT2D eigenvalue weighted by atomic mass is 10.2. The summed E-state index contributed by atoms with van der Waals surface area (Å²) in [6.07, 6.45) is 1.42. The maximum Gasteiger partial charge on any atom is 0.339 e. The van der Waals surface area contributed by atoms with Gasteiger partial charge >= 0.3 is 5.97 Å². The summed E-state index contributed by atoms with van der Waals surface area (Å²) in [6.45, 7) is 1.97. The van der Waals surface area contributed by atoms with Gasteiger partial charge in [0.05, 0.1) is 24.1 Å². The summed E-state index contributed by atoms with van der Waals surface area (Å²) in [4.78, 5) is 13.2. The van der Waals surface area contributed by atoms with Crippen molar-refractivity contribution in [1.29, 1.82) is 0 Å². The Labute approximate surface area is 111 Å². The zero-order valence-electron chi connectivity index (χ0n) is 11.4. The average molecular weight is 269 g/mol. The first-order valence-electron chi connectivity index (χ1n) is 6.09. The van der Waals surface area contributed by atoms with E-state index in [0.29, 0.717) is 12.2 Å². The first-order chi connectivity index (χ1) is 9.06. The Hall–Kier alpha value is -1.44. The van der Waals surface area contributed by atoms with Crippen molar-refractivity contribution in [2.24, 2.45) is 7.05 Å². The van der Waals surface area contributed by atoms with Gasteiger partial charge in [0.15, 0.2) is 0 Å². The maximum atomic E-state index is 11.1. The van der Waals surface area contributed by atoms with Crippen molar-refractivity contribution in [1.82, 2.24) is 14.7 Å². The van der Waals surface area contributed by atoms with Crippen LogP contribution in [0.1, 0.15) is 16.1 Å². The second-order valence-corrected chi connectivity index (χ2v) is 4.68. The van der Waals surface area contributed by atoms with E-state index in [2.05, 4.69) is 10.00 Å². The summed E-state index contributed by atoms with van der Waals surface area (Å²) in [7, 11) is 5.07. The molecule has 0 amide bonds. The molecule has 0 bridgehead atoms. The van der Waals surface area contributed by atoms with E-state index in [1.807, 2.05) is 0 Å². The van der Waals surface area contributed by atoms with Crippen LogP contribution in [0.25, 0.3) is 0 Å². The molecule has 0 aromatic carbocycles. The molecule has 1 N–H and O–H groups in total. The Morgan fingerprint density at radius 1 is 1.42 bits per heavy atom. The number of carboxylic acid groups (broad SMARTS) is 1. The highest BCUT2D eigenvalue weighted by molar-refractivity contribution is 5.88. The van der Waals surface area contributed by atoms with Crippen molar-refractivity contribution >= 4 is 5.97 Å². The molecule has 7 nitrogen and oxygen atoms in total. The summed E-state index contributed by atoms with van der Waals surface area (Å²) in [6, 6.07) is 0. The molecule has 1 aliphatic rings. The zero-order valence-corrected chi connectivity index (χ0v) is 11.4. The van der Waals surface area contributed by atoms with Gasteiger partial charge < -0.3 is 14.6 Å². The van der Waals surface area contributed by atoms with Crippen LogP contribution in [0.3, 0.4) is 0 Å². The third-order valence-electron chi connectivity index (χ3n) is 3.56. The Bertz CT molecular complexity index is 448. The number of rotatable bonds is 5. The number of ether oxygens (including phenoxy) is 2. The molecule has 106 valence electrons. The average Bonchev–Trinajstić information content (AvgIpc) is 2.94. The first-order valence-corrected chi connectivity index (χ1v) is 6.09. The normalized spacial score (nSPS) is 23.9. The molecule has 1 aromatic rings. The van der Waals surface area contributed by atoms with Crippen LogP contribution >= 0.6 is 0 Å². The maximum absolute atomic E-state index is 11.1. The number of hydrogen-bond donors (Lipinski definition) is 1. The Kier molecular flexibility index (Phi) is 4.18. The number of aromatic carboxylic acids is 1. The van der Waals surface area contributed by atoms with E-state index >= 15 is 0 Å². The number of carbonyl (C=O) groups is 1. The third-order valence-corrected chi connectivity index (χ3v) is 3.56. The minimum atomic E-state index is -0.950. The molecule has 0 radical (unpaired) electrons. The van der Waals surface area contributed by atoms with E-state index in [4.69, 9.17) is 14.6 Å². The lowest BCUT2D eigenvalue weighted by molar-refractivity contribution is -0.00461. The van der Waals surface area contributed by atoms with E-state index in [1.165, 1.54) is 6.20 Å². The van der Waals surface area contributed by atoms with Crippen LogP contribution in [0.5, 0.6) is 0 Å². The van der Waals surface area contributed by atoms with E-state index in [9.17, 15) is 4.79 Å². The van der Waals surface area contributed by atoms with Crippen molar-refractivity contribution in [3.05, 3.63) is 17.5 Å². The van der Waals surface area contributed by atoms with Gasteiger partial charge in [-0.15, -0.1) is 0 Å². The Morgan fingerprint density at radius 2 is 2.00 bits per heavy atom. The summed E-state index contributed by atoms with van der Waals surface area (Å²) in [5, 5.41) is 13.1. The molecule has 0 spiro atoms. The van der Waals surface area contributed by atoms with E-state index in [0.717, 1.165) is 13.1 Å². The molecule has 7 heteroatoms. The molecule has 1 aliphatic heterocycles. The second kappa shape index (κ2) is 5.68. The first kappa shape index (κ1) is 14.0. The molecule has 1 fully saturated rings. The van der Waals surface area contributed by atoms with Gasteiger partial charge in [-0.3, -0.25) is 9.58 Å². The van der Waals surface area contributed by atoms with Gasteiger partial charge in [-0.2, -0.15) is 5.10 Å². The SMILES string of the molecule is COC1CN(Cc2c(C(=O)O)cnn2C)CC1OC. The van der Waals surface area contributed by atoms with Gasteiger partial charge in [-0.25, -0.2) is 4.79 Å². The minimum Gasteiger partial charge on any atom is -0.478 e. The van der Waals surface area contributed by atoms with Gasteiger partial charge in [0.2, 0.25) is 0 Å². The molecule has 2 heterocycles. The monoisotopic (exact) mass is 269 g/mol. The fourth-order valence-corrected chi connectivity index (χ4v) is 2.44. The van der Waals surface area contributed by atoms with Crippen LogP contribution in [0.2, 0.25) is 0 Å². The predicted octanol–water partition coefficient (Wildman–Crippen LogP) is -0.0361. The summed E-state index contributed by atoms with van der Waals surface area (Å²) >= 11 is 0. The van der Waals surface area contributed by atoms with Gasteiger partial charge in [0.25, 0.3) is 0 Å². The molecular weight excluding hydrogens is 250 g/mol. The standard InChI is InChI=1S/C12H19N3O4/c1-14-9(8(4-13-14)12(16)17)5-15-6-10(18-2)11(7-15)19-3/h4,10-11H,5-7H2,1-3H3,(H,16,17). The largest absolute Gasteiger partial charge is 0.478 e. The van der Waals surface area contributed by atoms with Crippen LogP contribution in [-0.4, -0.2) is 65.3 Å². The summed E-state index contributed by atoms with van der Waals surface area (Å²) < 4.78 is 12.3. The highest BCUT2D eigenvalue weighted by Gasteiger charge is 2.33. The molecule has 2 unspecified atom stereocenters. The minimum absolute atomic E-state index is 0.0199. The second-order valence-electron chi connectivity index (χ2n) is 4.68. The van der Waals surface area contributed by atoms with Crippen LogP contribution in [0.4, 0.5) is 0 Å². The van der Waals surface area contributed by atoms with E-state index < -0.39 is 5.97 Å². The third kappa shape index (κ3) is 2.78. The van der Waals surface area contributed by atoms with Crippen LogP contribution in [0.15, 0.2) is 6.20 Å².